The van der Waals surface area contributed by atoms with Crippen LogP contribution >= 0.6 is 0 Å². The second-order valence-electron chi connectivity index (χ2n) is 8.06. The monoisotopic (exact) mass is 455 g/mol. The van der Waals surface area contributed by atoms with E-state index in [1.54, 1.807) is 7.11 Å². The fourth-order valence-electron chi connectivity index (χ4n) is 4.12. The molecule has 2 saturated heterocycles. The van der Waals surface area contributed by atoms with Crippen LogP contribution in [0.3, 0.4) is 0 Å². The highest BCUT2D eigenvalue weighted by Gasteiger charge is 2.46. The lowest BCUT2D eigenvalue weighted by atomic mass is 9.79. The zero-order valence-corrected chi connectivity index (χ0v) is 18.0. The highest BCUT2D eigenvalue weighted by atomic mass is 19.4. The molecule has 3 rings (SSSR count). The molecule has 1 spiro atoms. The van der Waals surface area contributed by atoms with Gasteiger partial charge in [-0.15, -0.1) is 0 Å². The third-order valence-electron chi connectivity index (χ3n) is 5.93. The molecule has 1 atom stereocenters. The average molecular weight is 455 g/mol. The number of amides is 1. The van der Waals surface area contributed by atoms with Crippen LogP contribution in [-0.2, 0) is 20.9 Å². The van der Waals surface area contributed by atoms with Crippen molar-refractivity contribution in [2.75, 3.05) is 39.9 Å². The summed E-state index contributed by atoms with van der Waals surface area (Å²) in [7, 11) is 1.68. The highest BCUT2D eigenvalue weighted by Crippen LogP contribution is 2.41. The molecular formula is C22H28F3N3O4. The summed E-state index contributed by atoms with van der Waals surface area (Å²) in [4.78, 5) is 26.2. The van der Waals surface area contributed by atoms with E-state index in [-0.39, 0.29) is 5.41 Å². The summed E-state index contributed by atoms with van der Waals surface area (Å²) < 4.78 is 36.9. The molecule has 0 saturated carbocycles. The summed E-state index contributed by atoms with van der Waals surface area (Å²) in [6.07, 6.45) is -1.08. The maximum Gasteiger partial charge on any atom is 0.490 e. The predicted octanol–water partition coefficient (Wildman–Crippen LogP) is 3.04. The van der Waals surface area contributed by atoms with E-state index < -0.39 is 12.1 Å². The van der Waals surface area contributed by atoms with Crippen LogP contribution in [0.15, 0.2) is 24.3 Å². The first-order valence-electron chi connectivity index (χ1n) is 10.4. The van der Waals surface area contributed by atoms with Gasteiger partial charge in [-0.3, -0.25) is 9.69 Å². The molecule has 32 heavy (non-hydrogen) atoms. The number of benzene rings is 1. The topological polar surface area (TPSA) is 93.9 Å². The number of methoxy groups -OCH3 is 1. The zero-order chi connectivity index (χ0) is 23.8. The average Bonchev–Trinajstić information content (AvgIpc) is 2.92. The van der Waals surface area contributed by atoms with Crippen LogP contribution < -0.4 is 0 Å². The van der Waals surface area contributed by atoms with E-state index in [2.05, 4.69) is 11.0 Å². The Balaban J connectivity index is 0.000000451. The van der Waals surface area contributed by atoms with E-state index in [1.807, 2.05) is 29.2 Å². The van der Waals surface area contributed by atoms with Gasteiger partial charge in [-0.25, -0.2) is 4.79 Å². The molecule has 1 unspecified atom stereocenters. The second kappa shape index (κ2) is 11.3. The summed E-state index contributed by atoms with van der Waals surface area (Å²) in [6.45, 7) is 5.09. The van der Waals surface area contributed by atoms with E-state index >= 15 is 0 Å². The van der Waals surface area contributed by atoms with Crippen molar-refractivity contribution in [2.45, 2.75) is 38.4 Å². The van der Waals surface area contributed by atoms with Crippen molar-refractivity contribution < 1.29 is 32.6 Å². The number of rotatable bonds is 5. The molecule has 7 nitrogen and oxygen atoms in total. The summed E-state index contributed by atoms with van der Waals surface area (Å²) in [5.74, 6) is -2.42. The number of nitriles is 1. The van der Waals surface area contributed by atoms with Gasteiger partial charge in [0, 0.05) is 26.7 Å². The van der Waals surface area contributed by atoms with E-state index in [1.165, 1.54) is 5.56 Å². The first-order valence-corrected chi connectivity index (χ1v) is 10.4. The standard InChI is InChI=1S/C20H27N3O2.C2HF3O2/c1-25-14-13-23-12-9-20(19(23)24)7-2-10-22(11-8-20)16-18-5-3-17(15-21)4-6-18;3-2(4,5)1(6)7/h3-6H,2,7-14,16H2,1H3;(H,6,7). The molecule has 1 aromatic carbocycles. The smallest absolute Gasteiger partial charge is 0.475 e. The highest BCUT2D eigenvalue weighted by molar-refractivity contribution is 5.84. The molecule has 0 aliphatic carbocycles. The SMILES string of the molecule is COCCN1CCC2(CCCN(Cc3ccc(C#N)cc3)CC2)C1=O.O=C(O)C(F)(F)F. The lowest BCUT2D eigenvalue weighted by Gasteiger charge is -2.26. The molecule has 2 fully saturated rings. The van der Waals surface area contributed by atoms with Crippen molar-refractivity contribution in [1.29, 1.82) is 5.26 Å². The number of carbonyl (C=O) groups is 2. The Bertz CT molecular complexity index is 823. The van der Waals surface area contributed by atoms with Crippen molar-refractivity contribution >= 4 is 11.9 Å². The summed E-state index contributed by atoms with van der Waals surface area (Å²) >= 11 is 0. The Kier molecular flexibility index (Phi) is 9.04. The number of ether oxygens (including phenoxy) is 1. The summed E-state index contributed by atoms with van der Waals surface area (Å²) in [6, 6.07) is 9.98. The molecule has 0 bridgehead atoms. The fourth-order valence-corrected chi connectivity index (χ4v) is 4.12. The van der Waals surface area contributed by atoms with Crippen LogP contribution in [0.1, 0.15) is 36.8 Å². The molecule has 0 radical (unpaired) electrons. The minimum Gasteiger partial charge on any atom is -0.475 e. The van der Waals surface area contributed by atoms with Gasteiger partial charge >= 0.3 is 12.1 Å². The Morgan fingerprint density at radius 2 is 1.81 bits per heavy atom. The van der Waals surface area contributed by atoms with Crippen molar-refractivity contribution in [3.8, 4) is 6.07 Å². The molecule has 2 aliphatic rings. The summed E-state index contributed by atoms with van der Waals surface area (Å²) in [5.41, 5.74) is 1.79. The zero-order valence-electron chi connectivity index (χ0n) is 18.0. The number of halogens is 3. The molecule has 2 aliphatic heterocycles. The number of hydrogen-bond acceptors (Lipinski definition) is 5. The number of nitrogens with zero attached hydrogens (tertiary/aromatic N) is 3. The van der Waals surface area contributed by atoms with Crippen LogP contribution in [0, 0.1) is 16.7 Å². The van der Waals surface area contributed by atoms with Crippen LogP contribution in [0.5, 0.6) is 0 Å². The first kappa shape index (κ1) is 25.6. The van der Waals surface area contributed by atoms with Gasteiger partial charge < -0.3 is 14.7 Å². The first-order chi connectivity index (χ1) is 15.1. The van der Waals surface area contributed by atoms with Crippen molar-refractivity contribution in [3.63, 3.8) is 0 Å². The number of carboxylic acid groups (broad SMARTS) is 1. The number of carboxylic acids is 1. The minimum atomic E-state index is -5.08. The number of likely N-dealkylation sites (tertiary alicyclic amines) is 2. The third-order valence-corrected chi connectivity index (χ3v) is 5.93. The van der Waals surface area contributed by atoms with E-state index in [0.717, 1.165) is 51.9 Å². The van der Waals surface area contributed by atoms with Crippen molar-refractivity contribution in [1.82, 2.24) is 9.80 Å². The number of aliphatic carboxylic acids is 1. The van der Waals surface area contributed by atoms with Gasteiger partial charge in [-0.05, 0) is 56.5 Å². The molecule has 0 aromatic heterocycles. The van der Waals surface area contributed by atoms with Crippen LogP contribution in [0.25, 0.3) is 0 Å². The lowest BCUT2D eigenvalue weighted by molar-refractivity contribution is -0.192. The minimum absolute atomic E-state index is 0.146. The van der Waals surface area contributed by atoms with Crippen molar-refractivity contribution in [3.05, 3.63) is 35.4 Å². The van der Waals surface area contributed by atoms with Crippen LogP contribution in [-0.4, -0.2) is 72.9 Å². The molecule has 1 aromatic rings. The number of hydrogen-bond donors (Lipinski definition) is 1. The molecule has 10 heteroatoms. The third kappa shape index (κ3) is 6.93. The largest absolute Gasteiger partial charge is 0.490 e. The van der Waals surface area contributed by atoms with Gasteiger partial charge in [0.05, 0.1) is 23.7 Å². The van der Waals surface area contributed by atoms with Gasteiger partial charge in [0.2, 0.25) is 5.91 Å². The number of carbonyl (C=O) groups excluding carboxylic acids is 1. The van der Waals surface area contributed by atoms with Crippen molar-refractivity contribution in [2.24, 2.45) is 5.41 Å². The maximum atomic E-state index is 12.9. The van der Waals surface area contributed by atoms with E-state index in [0.29, 0.717) is 24.6 Å². The van der Waals surface area contributed by atoms with Gasteiger partial charge in [0.25, 0.3) is 0 Å². The van der Waals surface area contributed by atoms with Crippen LogP contribution in [0.2, 0.25) is 0 Å². The van der Waals surface area contributed by atoms with Gasteiger partial charge in [-0.1, -0.05) is 12.1 Å². The van der Waals surface area contributed by atoms with Gasteiger partial charge in [-0.2, -0.15) is 18.4 Å². The van der Waals surface area contributed by atoms with Gasteiger partial charge in [0.1, 0.15) is 0 Å². The van der Waals surface area contributed by atoms with E-state index in [9.17, 15) is 18.0 Å². The summed E-state index contributed by atoms with van der Waals surface area (Å²) in [5, 5.41) is 16.0. The quantitative estimate of drug-likeness (QED) is 0.734. The Hall–Kier alpha value is -2.64. The fraction of sp³-hybridized carbons (Fsp3) is 0.591. The molecule has 176 valence electrons. The second-order valence-corrected chi connectivity index (χ2v) is 8.06. The lowest BCUT2D eigenvalue weighted by Crippen LogP contribution is -2.37. The molecule has 2 heterocycles. The number of alkyl halides is 3. The Morgan fingerprint density at radius 3 is 2.38 bits per heavy atom. The Morgan fingerprint density at radius 1 is 1.19 bits per heavy atom. The molecule has 1 N–H and O–H groups in total. The maximum absolute atomic E-state index is 12.9. The van der Waals surface area contributed by atoms with E-state index in [4.69, 9.17) is 19.9 Å². The van der Waals surface area contributed by atoms with Crippen LogP contribution in [0.4, 0.5) is 13.2 Å². The predicted molar refractivity (Wildman–Crippen MR) is 109 cm³/mol. The van der Waals surface area contributed by atoms with Gasteiger partial charge in [0.15, 0.2) is 0 Å². The molecule has 1 amide bonds. The normalized spacial score (nSPS) is 21.6. The Labute approximate surface area is 185 Å². The molecular weight excluding hydrogens is 427 g/mol.